The van der Waals surface area contributed by atoms with Gasteiger partial charge in [-0.15, -0.1) is 0 Å². The van der Waals surface area contributed by atoms with Crippen LogP contribution in [0.2, 0.25) is 0 Å². The summed E-state index contributed by atoms with van der Waals surface area (Å²) in [6.07, 6.45) is -2.82. The van der Waals surface area contributed by atoms with Gasteiger partial charge in [0, 0.05) is 25.7 Å². The lowest BCUT2D eigenvalue weighted by Crippen LogP contribution is -2.54. The molecule has 12 heteroatoms. The standard InChI is InChI=1S/C34H50F2N4O6/c1-32(2,3)45-30(43)39-25(18-23-17-24(35)14-15-26(23)36)19-37-20-34(7,8)21-38-29(42)28(41)27(16-22-12-10-9-11-13-22)40-31(44)46-33(4,5)6/h9-15,17,25,27-28,37,41H,16,18-21H2,1-8H3,(H,38,42)(H,39,43)(H,40,44)/t25?,27-,28+/m1/s1. The summed E-state index contributed by atoms with van der Waals surface area (Å²) >= 11 is 0. The predicted octanol–water partition coefficient (Wildman–Crippen LogP) is 4.63. The lowest BCUT2D eigenvalue weighted by atomic mass is 9.92. The Kier molecular flexibility index (Phi) is 13.9. The number of alkyl carbamates (subject to hydrolysis) is 2. The number of ether oxygens (including phenoxy) is 2. The molecule has 3 atom stereocenters. The number of amides is 3. The van der Waals surface area contributed by atoms with Crippen molar-refractivity contribution in [3.05, 3.63) is 71.3 Å². The van der Waals surface area contributed by atoms with E-state index in [0.717, 1.165) is 23.8 Å². The molecule has 0 aliphatic rings. The molecule has 0 spiro atoms. The van der Waals surface area contributed by atoms with E-state index >= 15 is 0 Å². The molecule has 0 radical (unpaired) electrons. The van der Waals surface area contributed by atoms with Crippen molar-refractivity contribution in [2.75, 3.05) is 19.6 Å². The van der Waals surface area contributed by atoms with E-state index in [2.05, 4.69) is 21.3 Å². The smallest absolute Gasteiger partial charge is 0.407 e. The van der Waals surface area contributed by atoms with E-state index in [1.807, 2.05) is 44.2 Å². The first-order chi connectivity index (χ1) is 21.2. The molecule has 2 rings (SSSR count). The van der Waals surface area contributed by atoms with Crippen molar-refractivity contribution in [1.82, 2.24) is 21.3 Å². The minimum atomic E-state index is -1.57. The maximum atomic E-state index is 14.4. The van der Waals surface area contributed by atoms with Gasteiger partial charge in [-0.25, -0.2) is 18.4 Å². The maximum absolute atomic E-state index is 14.4. The molecular weight excluding hydrogens is 598 g/mol. The molecule has 0 saturated carbocycles. The summed E-state index contributed by atoms with van der Waals surface area (Å²) in [5, 5.41) is 22.3. The van der Waals surface area contributed by atoms with E-state index < -0.39 is 64.5 Å². The van der Waals surface area contributed by atoms with Gasteiger partial charge in [0.1, 0.15) is 22.8 Å². The van der Waals surface area contributed by atoms with E-state index in [0.29, 0.717) is 6.54 Å². The SMILES string of the molecule is CC(C)(CNCC(Cc1cc(F)ccc1F)NC(=O)OC(C)(C)C)CNC(=O)[C@@H](O)[C@@H](Cc1ccccc1)NC(=O)OC(C)(C)C. The topological polar surface area (TPSA) is 138 Å². The Hall–Kier alpha value is -3.77. The van der Waals surface area contributed by atoms with Crippen molar-refractivity contribution in [2.45, 2.75) is 97.6 Å². The second-order valence-corrected chi connectivity index (χ2v) is 14.2. The summed E-state index contributed by atoms with van der Waals surface area (Å²) in [5.41, 5.74) is -1.14. The van der Waals surface area contributed by atoms with Crippen molar-refractivity contribution in [3.63, 3.8) is 0 Å². The van der Waals surface area contributed by atoms with Gasteiger partial charge in [-0.2, -0.15) is 0 Å². The summed E-state index contributed by atoms with van der Waals surface area (Å²) < 4.78 is 38.9. The first-order valence-corrected chi connectivity index (χ1v) is 15.4. The van der Waals surface area contributed by atoms with Crippen molar-refractivity contribution < 1.29 is 37.7 Å². The van der Waals surface area contributed by atoms with E-state index in [4.69, 9.17) is 9.47 Å². The molecule has 46 heavy (non-hydrogen) atoms. The summed E-state index contributed by atoms with van der Waals surface area (Å²) in [4.78, 5) is 38.1. The minimum absolute atomic E-state index is 0.00659. The molecule has 5 N–H and O–H groups in total. The number of carbonyl (C=O) groups is 3. The van der Waals surface area contributed by atoms with E-state index in [-0.39, 0.29) is 31.5 Å². The summed E-state index contributed by atoms with van der Waals surface area (Å²) in [7, 11) is 0. The molecule has 10 nitrogen and oxygen atoms in total. The van der Waals surface area contributed by atoms with Crippen LogP contribution in [0.1, 0.15) is 66.5 Å². The van der Waals surface area contributed by atoms with E-state index in [9.17, 15) is 28.3 Å². The van der Waals surface area contributed by atoms with E-state index in [1.54, 1.807) is 41.5 Å². The fraction of sp³-hybridized carbons (Fsp3) is 0.559. The number of hydrogen-bond donors (Lipinski definition) is 5. The normalized spacial score (nSPS) is 14.1. The predicted molar refractivity (Wildman–Crippen MR) is 172 cm³/mol. The fourth-order valence-electron chi connectivity index (χ4n) is 4.44. The zero-order chi connectivity index (χ0) is 34.7. The summed E-state index contributed by atoms with van der Waals surface area (Å²) in [5.74, 6) is -1.85. The highest BCUT2D eigenvalue weighted by molar-refractivity contribution is 5.82. The molecule has 0 saturated heterocycles. The number of halogens is 2. The lowest BCUT2D eigenvalue weighted by Gasteiger charge is -2.30. The van der Waals surface area contributed by atoms with Crippen LogP contribution in [0, 0.1) is 17.0 Å². The van der Waals surface area contributed by atoms with Crippen LogP contribution in [0.15, 0.2) is 48.5 Å². The molecule has 256 valence electrons. The van der Waals surface area contributed by atoms with Crippen molar-refractivity contribution in [3.8, 4) is 0 Å². The first kappa shape index (κ1) is 38.4. The Balaban J connectivity index is 2.02. The quantitative estimate of drug-likeness (QED) is 0.201. The third-order valence-corrected chi connectivity index (χ3v) is 6.58. The second-order valence-electron chi connectivity index (χ2n) is 14.2. The molecule has 0 aromatic heterocycles. The monoisotopic (exact) mass is 648 g/mol. The Labute approximate surface area is 271 Å². The van der Waals surface area contributed by atoms with Crippen LogP contribution in [0.25, 0.3) is 0 Å². The third-order valence-electron chi connectivity index (χ3n) is 6.58. The number of aliphatic hydroxyl groups is 1. The average Bonchev–Trinajstić information content (AvgIpc) is 2.91. The van der Waals surface area contributed by atoms with Gasteiger partial charge in [0.2, 0.25) is 0 Å². The average molecular weight is 649 g/mol. The maximum Gasteiger partial charge on any atom is 0.407 e. The first-order valence-electron chi connectivity index (χ1n) is 15.4. The minimum Gasteiger partial charge on any atom is -0.444 e. The molecule has 2 aromatic rings. The lowest BCUT2D eigenvalue weighted by molar-refractivity contribution is -0.131. The number of hydrogen-bond acceptors (Lipinski definition) is 7. The summed E-state index contributed by atoms with van der Waals surface area (Å²) in [6.45, 7) is 14.8. The molecule has 0 bridgehead atoms. The van der Waals surface area contributed by atoms with Gasteiger partial charge in [0.15, 0.2) is 6.10 Å². The molecule has 0 aliphatic carbocycles. The molecule has 0 fully saturated rings. The Morgan fingerprint density at radius 1 is 0.804 bits per heavy atom. The number of rotatable bonds is 14. The van der Waals surface area contributed by atoms with Gasteiger partial charge in [-0.05, 0) is 89.1 Å². The molecule has 2 aromatic carbocycles. The van der Waals surface area contributed by atoms with Crippen LogP contribution in [0.3, 0.4) is 0 Å². The Morgan fingerprint density at radius 3 is 1.98 bits per heavy atom. The van der Waals surface area contributed by atoms with Crippen molar-refractivity contribution >= 4 is 18.1 Å². The molecule has 3 amide bonds. The van der Waals surface area contributed by atoms with Gasteiger partial charge in [-0.3, -0.25) is 4.79 Å². The van der Waals surface area contributed by atoms with Crippen LogP contribution >= 0.6 is 0 Å². The number of carbonyl (C=O) groups excluding carboxylic acids is 3. The van der Waals surface area contributed by atoms with Gasteiger partial charge < -0.3 is 35.8 Å². The number of aliphatic hydroxyl groups excluding tert-OH is 1. The van der Waals surface area contributed by atoms with Gasteiger partial charge in [-0.1, -0.05) is 44.2 Å². The zero-order valence-electron chi connectivity index (χ0n) is 28.1. The highest BCUT2D eigenvalue weighted by Gasteiger charge is 2.31. The summed E-state index contributed by atoms with van der Waals surface area (Å²) in [6, 6.07) is 10.7. The van der Waals surface area contributed by atoms with Crippen LogP contribution in [-0.2, 0) is 27.1 Å². The molecule has 1 unspecified atom stereocenters. The van der Waals surface area contributed by atoms with Crippen LogP contribution in [0.5, 0.6) is 0 Å². The number of nitrogens with one attached hydrogen (secondary N) is 4. The highest BCUT2D eigenvalue weighted by atomic mass is 19.1. The molecule has 0 aliphatic heterocycles. The molecular formula is C34H50F2N4O6. The van der Waals surface area contributed by atoms with Crippen LogP contribution in [0.4, 0.5) is 18.4 Å². The number of benzene rings is 2. The zero-order valence-corrected chi connectivity index (χ0v) is 28.1. The third kappa shape index (κ3) is 15.0. The largest absolute Gasteiger partial charge is 0.444 e. The Bertz CT molecular complexity index is 1290. The van der Waals surface area contributed by atoms with Crippen molar-refractivity contribution in [1.29, 1.82) is 0 Å². The fourth-order valence-corrected chi connectivity index (χ4v) is 4.44. The highest BCUT2D eigenvalue weighted by Crippen LogP contribution is 2.16. The van der Waals surface area contributed by atoms with Gasteiger partial charge in [0.05, 0.1) is 6.04 Å². The van der Waals surface area contributed by atoms with Crippen molar-refractivity contribution in [2.24, 2.45) is 5.41 Å². The van der Waals surface area contributed by atoms with E-state index in [1.165, 1.54) is 0 Å². The second kappa shape index (κ2) is 16.7. The molecule has 0 heterocycles. The van der Waals surface area contributed by atoms with Crippen LogP contribution < -0.4 is 21.3 Å². The van der Waals surface area contributed by atoms with Crippen LogP contribution in [-0.4, -0.2) is 72.2 Å². The van der Waals surface area contributed by atoms with Gasteiger partial charge >= 0.3 is 12.2 Å². The Morgan fingerprint density at radius 2 is 1.39 bits per heavy atom. The van der Waals surface area contributed by atoms with Gasteiger partial charge in [0.25, 0.3) is 5.91 Å².